The van der Waals surface area contributed by atoms with Gasteiger partial charge in [0.05, 0.1) is 16.2 Å². The van der Waals surface area contributed by atoms with Crippen LogP contribution in [0.15, 0.2) is 0 Å². The molecule has 0 aliphatic rings. The summed E-state index contributed by atoms with van der Waals surface area (Å²) in [6, 6.07) is 0. The van der Waals surface area contributed by atoms with Gasteiger partial charge in [0, 0.05) is 5.25 Å². The molecule has 0 aromatic rings. The van der Waals surface area contributed by atoms with Crippen LogP contribution in [0.5, 0.6) is 0 Å². The fourth-order valence-electron chi connectivity index (χ4n) is 4.05. The Morgan fingerprint density at radius 1 is 0.600 bits per heavy atom. The Labute approximate surface area is 230 Å². The first kappa shape index (κ1) is 33.7. The van der Waals surface area contributed by atoms with Crippen molar-refractivity contribution in [2.45, 2.75) is 154 Å². The molecule has 30 heavy (non-hydrogen) atoms. The summed E-state index contributed by atoms with van der Waals surface area (Å²) in [5.74, 6) is 0. The molecule has 0 saturated heterocycles. The first-order valence-corrected chi connectivity index (χ1v) is 14.0. The van der Waals surface area contributed by atoms with Crippen molar-refractivity contribution in [3.8, 4) is 0 Å². The number of hydrogen-bond acceptors (Lipinski definition) is 4. The monoisotopic (exact) mass is 472 g/mol. The van der Waals surface area contributed by atoms with Crippen molar-refractivity contribution in [2.24, 2.45) is 0 Å². The Morgan fingerprint density at radius 3 is 1.33 bits per heavy atom. The maximum Gasteiger partial charge on any atom is 1.00 e. The minimum Gasteiger partial charge on any atom is -0.748 e. The van der Waals surface area contributed by atoms with E-state index in [2.05, 4.69) is 13.8 Å². The molecule has 2 unspecified atom stereocenters. The normalized spacial score (nSPS) is 13.7. The first-order valence-electron chi connectivity index (χ1n) is 12.5. The van der Waals surface area contributed by atoms with Gasteiger partial charge >= 0.3 is 51.4 Å². The van der Waals surface area contributed by atoms with Gasteiger partial charge < -0.3 is 9.66 Å². The average Bonchev–Trinajstić information content (AvgIpc) is 2.66. The number of aliphatic hydroxyl groups excluding tert-OH is 1. The van der Waals surface area contributed by atoms with E-state index in [4.69, 9.17) is 0 Å². The van der Waals surface area contributed by atoms with Crippen LogP contribution in [-0.4, -0.2) is 29.4 Å². The molecule has 0 aromatic carbocycles. The predicted octanol–water partition coefficient (Wildman–Crippen LogP) is 4.11. The summed E-state index contributed by atoms with van der Waals surface area (Å²) in [6.45, 7) is 4.25. The standard InChI is InChI=1S/C24H50O4S.K/c1-3-5-6-17-21-24(29(26,27)28)22-18-15-13-11-9-7-8-10-12-14-16-20-23(25)19-4-2;/h23-25H,3-22H2,1-2H3,(H,26,27,28);/q;+1/p-1. The molecule has 0 aromatic heterocycles. The van der Waals surface area contributed by atoms with Gasteiger partial charge in [0.2, 0.25) is 0 Å². The van der Waals surface area contributed by atoms with E-state index >= 15 is 0 Å². The fraction of sp³-hybridized carbons (Fsp3) is 1.00. The van der Waals surface area contributed by atoms with Crippen molar-refractivity contribution in [2.75, 3.05) is 0 Å². The largest absolute Gasteiger partial charge is 1.00 e. The van der Waals surface area contributed by atoms with Crippen molar-refractivity contribution in [3.05, 3.63) is 0 Å². The molecule has 0 radical (unpaired) electrons. The zero-order valence-electron chi connectivity index (χ0n) is 20.4. The maximum absolute atomic E-state index is 11.4. The van der Waals surface area contributed by atoms with E-state index in [1.54, 1.807) is 0 Å². The van der Waals surface area contributed by atoms with Crippen molar-refractivity contribution in [1.29, 1.82) is 0 Å². The van der Waals surface area contributed by atoms with Crippen LogP contribution < -0.4 is 51.4 Å². The molecule has 0 aliphatic carbocycles. The Bertz CT molecular complexity index is 442. The minimum absolute atomic E-state index is 0. The van der Waals surface area contributed by atoms with Crippen LogP contribution in [0.1, 0.15) is 142 Å². The molecule has 0 rings (SSSR count). The second-order valence-corrected chi connectivity index (χ2v) is 10.5. The van der Waals surface area contributed by atoms with Gasteiger partial charge in [0.1, 0.15) is 0 Å². The Hall–Kier alpha value is 1.51. The van der Waals surface area contributed by atoms with E-state index < -0.39 is 15.4 Å². The number of rotatable bonds is 22. The third-order valence-electron chi connectivity index (χ3n) is 5.97. The van der Waals surface area contributed by atoms with Crippen molar-refractivity contribution < 1.29 is 69.5 Å². The smallest absolute Gasteiger partial charge is 0.748 e. The molecule has 6 heteroatoms. The summed E-state index contributed by atoms with van der Waals surface area (Å²) in [5.41, 5.74) is 0. The van der Waals surface area contributed by atoms with Gasteiger partial charge in [-0.25, -0.2) is 8.42 Å². The molecule has 0 spiro atoms. The van der Waals surface area contributed by atoms with E-state index in [-0.39, 0.29) is 57.5 Å². The van der Waals surface area contributed by atoms with E-state index in [1.807, 2.05) is 0 Å². The number of aliphatic hydroxyl groups is 1. The molecule has 0 heterocycles. The summed E-state index contributed by atoms with van der Waals surface area (Å²) in [5, 5.41) is 9.03. The summed E-state index contributed by atoms with van der Waals surface area (Å²) in [7, 11) is -4.14. The van der Waals surface area contributed by atoms with Crippen LogP contribution in [0, 0.1) is 0 Å². The summed E-state index contributed by atoms with van der Waals surface area (Å²) < 4.78 is 34.3. The van der Waals surface area contributed by atoms with Gasteiger partial charge in [-0.05, 0) is 25.7 Å². The second kappa shape index (κ2) is 23.7. The SMILES string of the molecule is CCCCCCC(CCCCCCCCCCCCCC(O)CCC)S(=O)(=O)[O-].[K+]. The van der Waals surface area contributed by atoms with Gasteiger partial charge in [-0.15, -0.1) is 0 Å². The van der Waals surface area contributed by atoms with Crippen molar-refractivity contribution in [1.82, 2.24) is 0 Å². The minimum atomic E-state index is -4.14. The zero-order valence-corrected chi connectivity index (χ0v) is 24.3. The molecular formula is C24H49KO4S. The third kappa shape index (κ3) is 22.7. The average molecular weight is 473 g/mol. The van der Waals surface area contributed by atoms with Gasteiger partial charge in [-0.2, -0.15) is 0 Å². The summed E-state index contributed by atoms with van der Waals surface area (Å²) in [4.78, 5) is 0. The van der Waals surface area contributed by atoms with Crippen LogP contribution >= 0.6 is 0 Å². The van der Waals surface area contributed by atoms with Gasteiger partial charge in [0.15, 0.2) is 0 Å². The predicted molar refractivity (Wildman–Crippen MR) is 123 cm³/mol. The van der Waals surface area contributed by atoms with Gasteiger partial charge in [-0.3, -0.25) is 0 Å². The van der Waals surface area contributed by atoms with Crippen molar-refractivity contribution >= 4 is 10.1 Å². The van der Waals surface area contributed by atoms with E-state index in [0.29, 0.717) is 12.8 Å². The molecule has 1 N–H and O–H groups in total. The molecular weight excluding hydrogens is 423 g/mol. The van der Waals surface area contributed by atoms with E-state index in [0.717, 1.165) is 70.6 Å². The van der Waals surface area contributed by atoms with Crippen LogP contribution in [0.3, 0.4) is 0 Å². The molecule has 0 bridgehead atoms. The summed E-state index contributed by atoms with van der Waals surface area (Å²) in [6.07, 6.45) is 21.2. The first-order chi connectivity index (χ1) is 13.9. The molecule has 4 nitrogen and oxygen atoms in total. The van der Waals surface area contributed by atoms with E-state index in [9.17, 15) is 18.1 Å². The Balaban J connectivity index is 0. The fourth-order valence-corrected chi connectivity index (χ4v) is 4.96. The molecule has 0 aliphatic heterocycles. The van der Waals surface area contributed by atoms with E-state index in [1.165, 1.54) is 44.9 Å². The van der Waals surface area contributed by atoms with Crippen molar-refractivity contribution in [3.63, 3.8) is 0 Å². The topological polar surface area (TPSA) is 77.4 Å². The Morgan fingerprint density at radius 2 is 0.967 bits per heavy atom. The van der Waals surface area contributed by atoms with Crippen LogP contribution in [0.25, 0.3) is 0 Å². The van der Waals surface area contributed by atoms with Crippen LogP contribution in [0.4, 0.5) is 0 Å². The number of hydrogen-bond donors (Lipinski definition) is 1. The molecule has 2 atom stereocenters. The maximum atomic E-state index is 11.4. The number of unbranched alkanes of at least 4 members (excludes halogenated alkanes) is 13. The zero-order chi connectivity index (χ0) is 21.8. The quantitative estimate of drug-likeness (QED) is 0.146. The van der Waals surface area contributed by atoms with Gasteiger partial charge in [0.25, 0.3) is 0 Å². The van der Waals surface area contributed by atoms with Crippen LogP contribution in [0.2, 0.25) is 0 Å². The van der Waals surface area contributed by atoms with Crippen LogP contribution in [-0.2, 0) is 10.1 Å². The second-order valence-electron chi connectivity index (χ2n) is 8.87. The molecule has 0 amide bonds. The summed E-state index contributed by atoms with van der Waals surface area (Å²) >= 11 is 0. The molecule has 0 saturated carbocycles. The Kier molecular flexibility index (Phi) is 26.6. The van der Waals surface area contributed by atoms with Gasteiger partial charge in [-0.1, -0.05) is 117 Å². The molecule has 176 valence electrons. The third-order valence-corrected chi connectivity index (χ3v) is 7.26. The molecule has 0 fully saturated rings.